The summed E-state index contributed by atoms with van der Waals surface area (Å²) in [4.78, 5) is 5.46. The van der Waals surface area contributed by atoms with Gasteiger partial charge in [-0.15, -0.1) is 0 Å². The van der Waals surface area contributed by atoms with E-state index in [9.17, 15) is 21.6 Å². The number of anilines is 1. The Morgan fingerprint density at radius 2 is 1.76 bits per heavy atom. The molecule has 6 nitrogen and oxygen atoms in total. The summed E-state index contributed by atoms with van der Waals surface area (Å²) in [7, 11) is -3.45. The molecule has 1 saturated heterocycles. The Morgan fingerprint density at radius 3 is 2.35 bits per heavy atom. The number of ether oxygens (including phenoxy) is 1. The summed E-state index contributed by atoms with van der Waals surface area (Å²) >= 11 is 0. The summed E-state index contributed by atoms with van der Waals surface area (Å²) in [5.74, 6) is 0.516. The fourth-order valence-electron chi connectivity index (χ4n) is 5.04. The van der Waals surface area contributed by atoms with Gasteiger partial charge in [0.05, 0.1) is 36.9 Å². The Labute approximate surface area is 198 Å². The average molecular weight is 498 g/mol. The molecule has 1 N–H and O–H groups in total. The number of alkyl halides is 3. The highest BCUT2D eigenvalue weighted by Crippen LogP contribution is 2.35. The van der Waals surface area contributed by atoms with Gasteiger partial charge in [-0.1, -0.05) is 30.3 Å². The number of nitrogens with zero attached hydrogens (tertiary/aromatic N) is 2. The number of nitrogens with one attached hydrogen (secondary N) is 1. The molecule has 10 heteroatoms. The van der Waals surface area contributed by atoms with Gasteiger partial charge in [-0.25, -0.2) is 18.1 Å². The van der Waals surface area contributed by atoms with Gasteiger partial charge < -0.3 is 9.64 Å². The summed E-state index contributed by atoms with van der Waals surface area (Å²) in [6.45, 7) is 0.782. The zero-order chi connectivity index (χ0) is 24.3. The number of pyridine rings is 1. The molecule has 1 aromatic heterocycles. The largest absolute Gasteiger partial charge is 0.433 e. The maximum Gasteiger partial charge on any atom is 0.433 e. The van der Waals surface area contributed by atoms with Crippen molar-refractivity contribution in [3.8, 4) is 0 Å². The monoisotopic (exact) mass is 497 g/mol. The fourth-order valence-corrected chi connectivity index (χ4v) is 5.86. The molecule has 0 bridgehead atoms. The minimum Gasteiger partial charge on any atom is -0.376 e. The summed E-state index contributed by atoms with van der Waals surface area (Å²) in [6, 6.07) is 12.0. The summed E-state index contributed by atoms with van der Waals surface area (Å²) < 4.78 is 71.5. The van der Waals surface area contributed by atoms with Gasteiger partial charge in [0.2, 0.25) is 10.0 Å². The van der Waals surface area contributed by atoms with E-state index in [4.69, 9.17) is 4.74 Å². The van der Waals surface area contributed by atoms with E-state index in [1.165, 1.54) is 17.8 Å². The molecule has 1 aliphatic heterocycles. The van der Waals surface area contributed by atoms with E-state index in [0.717, 1.165) is 38.0 Å². The molecule has 0 unspecified atom stereocenters. The SMILES string of the molecule is CS(=O)(=O)N[C@H]1CCN(c2ccc(C(F)(F)F)nc2)[C@H]1CO[C@H]1CC[C@@H](c2ccccc2)CC1. The Hall–Kier alpha value is -2.17. The number of halogens is 3. The van der Waals surface area contributed by atoms with Gasteiger partial charge in [-0.05, 0) is 55.7 Å². The van der Waals surface area contributed by atoms with Crippen molar-refractivity contribution in [2.45, 2.75) is 62.4 Å². The first-order valence-electron chi connectivity index (χ1n) is 11.5. The second kappa shape index (κ2) is 10.2. The third-order valence-corrected chi connectivity index (χ3v) is 7.46. The summed E-state index contributed by atoms with van der Waals surface area (Å²) in [6.07, 6.45) is 2.28. The maximum absolute atomic E-state index is 12.9. The minimum atomic E-state index is -4.51. The maximum atomic E-state index is 12.9. The number of benzene rings is 1. The first kappa shape index (κ1) is 24.9. The summed E-state index contributed by atoms with van der Waals surface area (Å²) in [5, 5.41) is 0. The quantitative estimate of drug-likeness (QED) is 0.616. The molecular weight excluding hydrogens is 467 g/mol. The molecule has 0 radical (unpaired) electrons. The number of hydrogen-bond donors (Lipinski definition) is 1. The number of hydrogen-bond acceptors (Lipinski definition) is 5. The van der Waals surface area contributed by atoms with Crippen molar-refractivity contribution in [3.63, 3.8) is 0 Å². The van der Waals surface area contributed by atoms with Crippen molar-refractivity contribution in [1.29, 1.82) is 0 Å². The van der Waals surface area contributed by atoms with Crippen molar-refractivity contribution in [2.75, 3.05) is 24.3 Å². The summed E-state index contributed by atoms with van der Waals surface area (Å²) in [5.41, 5.74) is 0.909. The normalized spacial score (nSPS) is 26.1. The second-order valence-corrected chi connectivity index (χ2v) is 10.9. The molecule has 1 aromatic carbocycles. The zero-order valence-corrected chi connectivity index (χ0v) is 19.9. The topological polar surface area (TPSA) is 71.5 Å². The van der Waals surface area contributed by atoms with Crippen LogP contribution in [0.15, 0.2) is 48.7 Å². The van der Waals surface area contributed by atoms with E-state index in [1.807, 2.05) is 11.0 Å². The predicted molar refractivity (Wildman–Crippen MR) is 124 cm³/mol. The van der Waals surface area contributed by atoms with Crippen molar-refractivity contribution in [2.24, 2.45) is 0 Å². The minimum absolute atomic E-state index is 0.0760. The molecule has 0 amide bonds. The Balaban J connectivity index is 1.41. The van der Waals surface area contributed by atoms with Crippen molar-refractivity contribution < 1.29 is 26.3 Å². The van der Waals surface area contributed by atoms with Crippen LogP contribution in [-0.2, 0) is 20.9 Å². The smallest absolute Gasteiger partial charge is 0.376 e. The lowest BCUT2D eigenvalue weighted by Crippen LogP contribution is -2.48. The van der Waals surface area contributed by atoms with E-state index in [1.54, 1.807) is 0 Å². The van der Waals surface area contributed by atoms with Gasteiger partial charge in [0, 0.05) is 12.6 Å². The van der Waals surface area contributed by atoms with E-state index >= 15 is 0 Å². The van der Waals surface area contributed by atoms with Gasteiger partial charge in [0.25, 0.3) is 0 Å². The van der Waals surface area contributed by atoms with Crippen molar-refractivity contribution in [1.82, 2.24) is 9.71 Å². The number of aromatic nitrogens is 1. The highest BCUT2D eigenvalue weighted by Gasteiger charge is 2.38. The van der Waals surface area contributed by atoms with Gasteiger partial charge in [-0.3, -0.25) is 0 Å². The van der Waals surface area contributed by atoms with E-state index in [0.29, 0.717) is 24.6 Å². The molecular formula is C24H30F3N3O3S. The molecule has 2 atom stereocenters. The van der Waals surface area contributed by atoms with Crippen molar-refractivity contribution in [3.05, 3.63) is 59.9 Å². The first-order valence-corrected chi connectivity index (χ1v) is 13.4. The Kier molecular flexibility index (Phi) is 7.49. The molecule has 2 heterocycles. The number of rotatable bonds is 7. The predicted octanol–water partition coefficient (Wildman–Crippen LogP) is 4.34. The van der Waals surface area contributed by atoms with Gasteiger partial charge in [0.1, 0.15) is 5.69 Å². The van der Waals surface area contributed by atoms with Crippen LogP contribution in [0.2, 0.25) is 0 Å². The van der Waals surface area contributed by atoms with Crippen LogP contribution in [0, 0.1) is 0 Å². The van der Waals surface area contributed by atoms with E-state index in [-0.39, 0.29) is 18.8 Å². The Morgan fingerprint density at radius 1 is 1.06 bits per heavy atom. The van der Waals surface area contributed by atoms with E-state index < -0.39 is 27.9 Å². The van der Waals surface area contributed by atoms with Crippen LogP contribution < -0.4 is 9.62 Å². The zero-order valence-electron chi connectivity index (χ0n) is 19.0. The fraction of sp³-hybridized carbons (Fsp3) is 0.542. The van der Waals surface area contributed by atoms with Crippen LogP contribution in [0.5, 0.6) is 0 Å². The van der Waals surface area contributed by atoms with Gasteiger partial charge in [-0.2, -0.15) is 13.2 Å². The number of sulfonamides is 1. The average Bonchev–Trinajstić information content (AvgIpc) is 3.19. The lowest BCUT2D eigenvalue weighted by atomic mass is 9.83. The van der Waals surface area contributed by atoms with Gasteiger partial charge >= 0.3 is 6.18 Å². The van der Waals surface area contributed by atoms with Crippen LogP contribution in [0.1, 0.15) is 49.3 Å². The molecule has 1 saturated carbocycles. The van der Waals surface area contributed by atoms with E-state index in [2.05, 4.69) is 34.0 Å². The lowest BCUT2D eigenvalue weighted by Gasteiger charge is -2.33. The Bertz CT molecular complexity index is 1040. The lowest BCUT2D eigenvalue weighted by molar-refractivity contribution is -0.141. The van der Waals surface area contributed by atoms with Crippen LogP contribution in [0.25, 0.3) is 0 Å². The molecule has 186 valence electrons. The molecule has 0 spiro atoms. The van der Waals surface area contributed by atoms with Crippen LogP contribution in [0.4, 0.5) is 18.9 Å². The van der Waals surface area contributed by atoms with Crippen LogP contribution in [-0.4, -0.2) is 51.0 Å². The third-order valence-electron chi connectivity index (χ3n) is 6.73. The molecule has 1 aliphatic carbocycles. The molecule has 2 aromatic rings. The molecule has 2 fully saturated rings. The van der Waals surface area contributed by atoms with Crippen molar-refractivity contribution >= 4 is 15.7 Å². The third kappa shape index (κ3) is 6.28. The molecule has 2 aliphatic rings. The van der Waals surface area contributed by atoms with Crippen LogP contribution >= 0.6 is 0 Å². The van der Waals surface area contributed by atoms with Gasteiger partial charge in [0.15, 0.2) is 0 Å². The second-order valence-electron chi connectivity index (χ2n) is 9.16. The highest BCUT2D eigenvalue weighted by atomic mass is 32.2. The molecule has 4 rings (SSSR count). The highest BCUT2D eigenvalue weighted by molar-refractivity contribution is 7.88. The standard InChI is InChI=1S/C24H30F3N3O3S/c1-34(31,32)29-21-13-14-30(19-9-12-23(28-15-19)24(25,26)27)22(21)16-33-20-10-7-18(8-11-20)17-5-3-2-4-6-17/h2-6,9,12,15,18,20-22,29H,7-8,10-11,13-14,16H2,1H3/t18-,20+,21-,22-/m0/s1. The molecule has 34 heavy (non-hydrogen) atoms. The van der Waals surface area contributed by atoms with Crippen LogP contribution in [0.3, 0.4) is 0 Å². The first-order chi connectivity index (χ1) is 16.1.